The van der Waals surface area contributed by atoms with Gasteiger partial charge in [0.05, 0.1) is 23.4 Å². The van der Waals surface area contributed by atoms with Crippen molar-refractivity contribution in [3.63, 3.8) is 0 Å². The predicted octanol–water partition coefficient (Wildman–Crippen LogP) is 2.66. The van der Waals surface area contributed by atoms with E-state index in [4.69, 9.17) is 4.74 Å². The van der Waals surface area contributed by atoms with E-state index >= 15 is 0 Å². The van der Waals surface area contributed by atoms with E-state index in [0.717, 1.165) is 11.1 Å². The third kappa shape index (κ3) is 4.02. The zero-order chi connectivity index (χ0) is 17.0. The van der Waals surface area contributed by atoms with Crippen LogP contribution in [0.4, 0.5) is 0 Å². The summed E-state index contributed by atoms with van der Waals surface area (Å²) in [4.78, 5) is 4.73. The topological polar surface area (TPSA) is 67.8 Å². The van der Waals surface area contributed by atoms with Crippen LogP contribution in [-0.2, 0) is 21.2 Å². The van der Waals surface area contributed by atoms with E-state index in [1.54, 1.807) is 37.0 Å². The Bertz CT molecular complexity index is 870. The highest BCUT2D eigenvalue weighted by Gasteiger charge is 2.12. The van der Waals surface area contributed by atoms with Crippen LogP contribution < -0.4 is 5.32 Å². The van der Waals surface area contributed by atoms with Crippen LogP contribution in [0.3, 0.4) is 0 Å². The van der Waals surface area contributed by atoms with E-state index in [1.807, 2.05) is 30.3 Å². The normalized spacial score (nSPS) is 14.4. The Morgan fingerprint density at radius 1 is 1.04 bits per heavy atom. The third-order valence-corrected chi connectivity index (χ3v) is 4.59. The van der Waals surface area contributed by atoms with Crippen molar-refractivity contribution in [1.82, 2.24) is 5.32 Å². The molecule has 123 valence electrons. The Morgan fingerprint density at radius 2 is 1.75 bits per heavy atom. The van der Waals surface area contributed by atoms with Gasteiger partial charge in [-0.2, -0.15) is 0 Å². The fraction of sp³-hybridized carbons (Fsp3) is 0.111. The first-order valence-electron chi connectivity index (χ1n) is 7.38. The molecule has 1 aliphatic rings. The highest BCUT2D eigenvalue weighted by Crippen LogP contribution is 2.16. The van der Waals surface area contributed by atoms with Crippen LogP contribution in [0.25, 0.3) is 0 Å². The maximum atomic E-state index is 11.5. The van der Waals surface area contributed by atoms with Crippen LogP contribution in [0.15, 0.2) is 76.6 Å². The summed E-state index contributed by atoms with van der Waals surface area (Å²) < 4.78 is 28.7. The molecule has 0 fully saturated rings. The molecule has 0 bridgehead atoms. The lowest BCUT2D eigenvalue weighted by Crippen LogP contribution is -2.18. The molecule has 1 aliphatic heterocycles. The van der Waals surface area contributed by atoms with Crippen LogP contribution in [0.1, 0.15) is 11.1 Å². The van der Waals surface area contributed by atoms with E-state index in [9.17, 15) is 8.42 Å². The molecule has 0 aliphatic carbocycles. The van der Waals surface area contributed by atoms with E-state index in [-0.39, 0.29) is 4.90 Å². The van der Waals surface area contributed by atoms with Gasteiger partial charge in [-0.1, -0.05) is 42.5 Å². The standard InChI is InChI=1S/C18H17N2O3S/c1-24(21,22)16-9-7-15(8-10-16)17-11-19-12-18(20-17)23-13-14-5-3-2-4-6-14/h2-12,19H,13H2,1H3. The number of nitrogens with one attached hydrogen (secondary N) is 1. The van der Waals surface area contributed by atoms with Gasteiger partial charge in [0.15, 0.2) is 9.84 Å². The maximum absolute atomic E-state index is 11.5. The first-order chi connectivity index (χ1) is 11.5. The van der Waals surface area contributed by atoms with E-state index < -0.39 is 9.84 Å². The lowest BCUT2D eigenvalue weighted by atomic mass is 10.1. The summed E-state index contributed by atoms with van der Waals surface area (Å²) in [5, 5.41) is 3.00. The number of sulfone groups is 1. The summed E-state index contributed by atoms with van der Waals surface area (Å²) in [6.07, 6.45) is 2.86. The van der Waals surface area contributed by atoms with Crippen molar-refractivity contribution in [3.05, 3.63) is 84.4 Å². The molecule has 1 N–H and O–H groups in total. The van der Waals surface area contributed by atoms with Gasteiger partial charge >= 0.3 is 0 Å². The lowest BCUT2D eigenvalue weighted by Gasteiger charge is -2.15. The van der Waals surface area contributed by atoms with Crippen molar-refractivity contribution in [2.75, 3.05) is 6.26 Å². The molecule has 2 aromatic carbocycles. The molecule has 5 nitrogen and oxygen atoms in total. The second kappa shape index (κ2) is 6.88. The molecule has 0 saturated carbocycles. The molecule has 0 saturated heterocycles. The summed E-state index contributed by atoms with van der Waals surface area (Å²) in [5.74, 6) is 0.476. The zero-order valence-electron chi connectivity index (χ0n) is 13.1. The van der Waals surface area contributed by atoms with Gasteiger partial charge in [0, 0.05) is 6.26 Å². The quantitative estimate of drug-likeness (QED) is 0.908. The molecule has 0 atom stereocenters. The number of hydrogen-bond donors (Lipinski definition) is 1. The smallest absolute Gasteiger partial charge is 0.230 e. The van der Waals surface area contributed by atoms with Gasteiger partial charge < -0.3 is 10.1 Å². The highest BCUT2D eigenvalue weighted by atomic mass is 32.2. The van der Waals surface area contributed by atoms with Crippen molar-refractivity contribution in [3.8, 4) is 0 Å². The summed E-state index contributed by atoms with van der Waals surface area (Å²) in [6.45, 7) is 2.17. The minimum atomic E-state index is -3.20. The maximum Gasteiger partial charge on any atom is 0.230 e. The van der Waals surface area contributed by atoms with Gasteiger partial charge in [-0.3, -0.25) is 0 Å². The minimum absolute atomic E-state index is 0.284. The van der Waals surface area contributed by atoms with Crippen LogP contribution in [0, 0.1) is 6.54 Å². The van der Waals surface area contributed by atoms with Gasteiger partial charge in [-0.05, 0) is 23.3 Å². The molecule has 0 amide bonds. The molecular weight excluding hydrogens is 324 g/mol. The average molecular weight is 341 g/mol. The summed E-state index contributed by atoms with van der Waals surface area (Å²) in [6, 6.07) is 16.4. The molecule has 0 aromatic heterocycles. The number of hydrogen-bond acceptors (Lipinski definition) is 5. The molecule has 24 heavy (non-hydrogen) atoms. The second-order valence-corrected chi connectivity index (χ2v) is 7.38. The van der Waals surface area contributed by atoms with Crippen LogP contribution in [0.5, 0.6) is 0 Å². The van der Waals surface area contributed by atoms with Gasteiger partial charge in [0.1, 0.15) is 6.61 Å². The first-order valence-corrected chi connectivity index (χ1v) is 9.27. The highest BCUT2D eigenvalue weighted by molar-refractivity contribution is 7.90. The zero-order valence-corrected chi connectivity index (χ0v) is 14.0. The Kier molecular flexibility index (Phi) is 4.66. The van der Waals surface area contributed by atoms with Gasteiger partial charge in [-0.15, -0.1) is 0 Å². The average Bonchev–Trinajstić information content (AvgIpc) is 2.60. The minimum Gasteiger partial charge on any atom is -0.472 e. The molecule has 1 heterocycles. The van der Waals surface area contributed by atoms with Gasteiger partial charge in [0.25, 0.3) is 0 Å². The monoisotopic (exact) mass is 341 g/mol. The summed E-state index contributed by atoms with van der Waals surface area (Å²) >= 11 is 0. The van der Waals surface area contributed by atoms with Gasteiger partial charge in [-0.25, -0.2) is 13.4 Å². The molecule has 3 rings (SSSR count). The second-order valence-electron chi connectivity index (χ2n) is 5.36. The first kappa shape index (κ1) is 16.3. The van der Waals surface area contributed by atoms with Crippen LogP contribution in [0.2, 0.25) is 0 Å². The van der Waals surface area contributed by atoms with Crippen LogP contribution in [-0.4, -0.2) is 20.4 Å². The van der Waals surface area contributed by atoms with Crippen LogP contribution >= 0.6 is 0 Å². The fourth-order valence-electron chi connectivity index (χ4n) is 2.20. The Labute approximate surface area is 141 Å². The number of aliphatic imine (C=N–C) groups is 1. The SMILES string of the molecule is CS(=O)(=O)c1ccc(C2=NC(OCc3ccccc3)=CN[CH]2)cc1. The number of ether oxygens (including phenoxy) is 1. The fourth-order valence-corrected chi connectivity index (χ4v) is 2.83. The Balaban J connectivity index is 1.72. The third-order valence-electron chi connectivity index (χ3n) is 3.47. The molecule has 6 heteroatoms. The van der Waals surface area contributed by atoms with Crippen molar-refractivity contribution in [2.24, 2.45) is 4.99 Å². The number of benzene rings is 2. The molecule has 0 unspecified atom stereocenters. The molecule has 1 radical (unpaired) electrons. The number of nitrogens with zero attached hydrogens (tertiary/aromatic N) is 1. The van der Waals surface area contributed by atoms with Crippen molar-refractivity contribution in [1.29, 1.82) is 0 Å². The Hall–Kier alpha value is -2.60. The summed E-state index contributed by atoms with van der Waals surface area (Å²) in [7, 11) is -3.20. The van der Waals surface area contributed by atoms with Crippen molar-refractivity contribution >= 4 is 15.5 Å². The largest absolute Gasteiger partial charge is 0.472 e. The van der Waals surface area contributed by atoms with Gasteiger partial charge in [0.2, 0.25) is 5.88 Å². The van der Waals surface area contributed by atoms with E-state index in [1.165, 1.54) is 6.26 Å². The predicted molar refractivity (Wildman–Crippen MR) is 92.8 cm³/mol. The molecule has 2 aromatic rings. The lowest BCUT2D eigenvalue weighted by molar-refractivity contribution is 0.194. The van der Waals surface area contributed by atoms with E-state index in [2.05, 4.69) is 10.3 Å². The van der Waals surface area contributed by atoms with Crippen molar-refractivity contribution in [2.45, 2.75) is 11.5 Å². The van der Waals surface area contributed by atoms with Crippen molar-refractivity contribution < 1.29 is 13.2 Å². The molecule has 0 spiro atoms. The van der Waals surface area contributed by atoms with E-state index in [0.29, 0.717) is 18.2 Å². The number of rotatable bonds is 5. The molecular formula is C18H17N2O3S. The summed E-state index contributed by atoms with van der Waals surface area (Å²) in [5.41, 5.74) is 2.55. The Morgan fingerprint density at radius 3 is 2.42 bits per heavy atom.